The summed E-state index contributed by atoms with van der Waals surface area (Å²) in [6.07, 6.45) is 3.19. The number of thioether (sulfide) groups is 1. The van der Waals surface area contributed by atoms with Crippen molar-refractivity contribution >= 4 is 29.3 Å². The van der Waals surface area contributed by atoms with E-state index in [1.807, 2.05) is 6.07 Å². The van der Waals surface area contributed by atoms with E-state index in [0.717, 1.165) is 30.8 Å². The Balaban J connectivity index is 1.37. The topological polar surface area (TPSA) is 76.7 Å². The average molecular weight is 350 g/mol. The summed E-state index contributed by atoms with van der Waals surface area (Å²) < 4.78 is 11.0. The number of carbonyl (C=O) groups is 2. The highest BCUT2D eigenvalue weighted by molar-refractivity contribution is 8.00. The molecule has 0 aromatic heterocycles. The number of anilines is 1. The van der Waals surface area contributed by atoms with Crippen LogP contribution in [0.1, 0.15) is 29.6 Å². The van der Waals surface area contributed by atoms with Gasteiger partial charge in [-0.1, -0.05) is 0 Å². The molecule has 0 aliphatic carbocycles. The normalized spacial score (nSPS) is 19.7. The van der Waals surface area contributed by atoms with Crippen LogP contribution in [0.3, 0.4) is 0 Å². The fourth-order valence-corrected chi connectivity index (χ4v) is 3.48. The number of nitrogens with one attached hydrogen (secondary N) is 2. The van der Waals surface area contributed by atoms with Crippen LogP contribution < -0.4 is 10.6 Å². The molecule has 0 radical (unpaired) electrons. The standard InChI is InChI=1S/C17H22N2O4S/c20-16-11-24-15-5-4-12(9-14(15)19-16)17(21)18-6-2-7-22-10-13-3-1-8-23-13/h4-5,9,13H,1-3,6-8,10-11H2,(H,18,21)(H,19,20)/t13-/m0/s1. The average Bonchev–Trinajstić information content (AvgIpc) is 3.10. The van der Waals surface area contributed by atoms with Gasteiger partial charge in [0.25, 0.3) is 5.91 Å². The molecular formula is C17H22N2O4S. The third kappa shape index (κ3) is 4.72. The second-order valence-corrected chi connectivity index (χ2v) is 6.88. The summed E-state index contributed by atoms with van der Waals surface area (Å²) in [6, 6.07) is 5.38. The molecule has 2 aliphatic heterocycles. The Kier molecular flexibility index (Phi) is 6.12. The van der Waals surface area contributed by atoms with E-state index in [4.69, 9.17) is 9.47 Å². The number of rotatable bonds is 7. The summed E-state index contributed by atoms with van der Waals surface area (Å²) >= 11 is 1.48. The Morgan fingerprint density at radius 2 is 2.38 bits per heavy atom. The molecule has 2 heterocycles. The van der Waals surface area contributed by atoms with Crippen LogP contribution in [0.25, 0.3) is 0 Å². The van der Waals surface area contributed by atoms with Gasteiger partial charge < -0.3 is 20.1 Å². The Hall–Kier alpha value is -1.57. The van der Waals surface area contributed by atoms with E-state index in [1.165, 1.54) is 11.8 Å². The van der Waals surface area contributed by atoms with Crippen molar-refractivity contribution in [2.24, 2.45) is 0 Å². The first kappa shape index (κ1) is 17.3. The minimum atomic E-state index is -0.137. The van der Waals surface area contributed by atoms with E-state index >= 15 is 0 Å². The first-order chi connectivity index (χ1) is 11.7. The lowest BCUT2D eigenvalue weighted by molar-refractivity contribution is -0.113. The summed E-state index contributed by atoms with van der Waals surface area (Å²) in [4.78, 5) is 24.6. The van der Waals surface area contributed by atoms with Crippen molar-refractivity contribution < 1.29 is 19.1 Å². The highest BCUT2D eigenvalue weighted by Crippen LogP contribution is 2.31. The zero-order valence-electron chi connectivity index (χ0n) is 13.5. The quantitative estimate of drug-likeness (QED) is 0.736. The van der Waals surface area contributed by atoms with Gasteiger partial charge in [0.05, 0.1) is 24.2 Å². The third-order valence-corrected chi connectivity index (χ3v) is 5.03. The number of benzene rings is 1. The molecule has 1 atom stereocenters. The van der Waals surface area contributed by atoms with E-state index in [9.17, 15) is 9.59 Å². The minimum absolute atomic E-state index is 0.0338. The Labute approximate surface area is 145 Å². The molecule has 0 saturated carbocycles. The molecule has 1 saturated heterocycles. The van der Waals surface area contributed by atoms with Crippen molar-refractivity contribution in [2.75, 3.05) is 37.4 Å². The van der Waals surface area contributed by atoms with Crippen molar-refractivity contribution in [3.63, 3.8) is 0 Å². The highest BCUT2D eigenvalue weighted by Gasteiger charge is 2.17. The molecule has 130 valence electrons. The fourth-order valence-electron chi connectivity index (χ4n) is 2.69. The number of ether oxygens (including phenoxy) is 2. The minimum Gasteiger partial charge on any atom is -0.379 e. The third-order valence-electron chi connectivity index (χ3n) is 3.95. The summed E-state index contributed by atoms with van der Waals surface area (Å²) in [5, 5.41) is 5.67. The van der Waals surface area contributed by atoms with Gasteiger partial charge in [0.1, 0.15) is 0 Å². The zero-order valence-corrected chi connectivity index (χ0v) is 14.3. The summed E-state index contributed by atoms with van der Waals surface area (Å²) in [5.41, 5.74) is 1.26. The first-order valence-corrected chi connectivity index (χ1v) is 9.25. The van der Waals surface area contributed by atoms with Gasteiger partial charge >= 0.3 is 0 Å². The van der Waals surface area contributed by atoms with Gasteiger partial charge in [0.2, 0.25) is 5.91 Å². The van der Waals surface area contributed by atoms with Crippen molar-refractivity contribution in [3.05, 3.63) is 23.8 Å². The van der Waals surface area contributed by atoms with E-state index in [0.29, 0.717) is 36.8 Å². The van der Waals surface area contributed by atoms with Crippen LogP contribution in [0, 0.1) is 0 Å². The van der Waals surface area contributed by atoms with Crippen LogP contribution in [0.2, 0.25) is 0 Å². The molecular weight excluding hydrogens is 328 g/mol. The molecule has 2 N–H and O–H groups in total. The van der Waals surface area contributed by atoms with E-state index in [1.54, 1.807) is 12.1 Å². The Bertz CT molecular complexity index is 602. The molecule has 0 unspecified atom stereocenters. The van der Waals surface area contributed by atoms with Gasteiger partial charge in [0, 0.05) is 30.2 Å². The predicted octanol–water partition coefficient (Wildman–Crippen LogP) is 2.05. The SMILES string of the molecule is O=C1CSc2ccc(C(=O)NCCCOC[C@@H]3CCCO3)cc2N1. The van der Waals surface area contributed by atoms with Crippen LogP contribution in [0.5, 0.6) is 0 Å². The zero-order chi connectivity index (χ0) is 16.8. The van der Waals surface area contributed by atoms with Crippen LogP contribution in [-0.2, 0) is 14.3 Å². The number of hydrogen-bond donors (Lipinski definition) is 2. The van der Waals surface area contributed by atoms with Gasteiger partial charge in [-0.2, -0.15) is 0 Å². The van der Waals surface area contributed by atoms with E-state index < -0.39 is 0 Å². The van der Waals surface area contributed by atoms with Crippen LogP contribution in [0.15, 0.2) is 23.1 Å². The molecule has 6 nitrogen and oxygen atoms in total. The number of hydrogen-bond acceptors (Lipinski definition) is 5. The molecule has 2 amide bonds. The summed E-state index contributed by atoms with van der Waals surface area (Å²) in [7, 11) is 0. The van der Waals surface area contributed by atoms with Crippen LogP contribution >= 0.6 is 11.8 Å². The first-order valence-electron chi connectivity index (χ1n) is 8.26. The van der Waals surface area contributed by atoms with Crippen molar-refractivity contribution in [1.29, 1.82) is 0 Å². The van der Waals surface area contributed by atoms with Crippen molar-refractivity contribution in [1.82, 2.24) is 5.32 Å². The van der Waals surface area contributed by atoms with Gasteiger partial charge in [-0.3, -0.25) is 9.59 Å². The van der Waals surface area contributed by atoms with Gasteiger partial charge in [-0.15, -0.1) is 11.8 Å². The number of fused-ring (bicyclic) bond motifs is 1. The fraction of sp³-hybridized carbons (Fsp3) is 0.529. The summed E-state index contributed by atoms with van der Waals surface area (Å²) in [6.45, 7) is 2.64. The molecule has 2 aliphatic rings. The summed E-state index contributed by atoms with van der Waals surface area (Å²) in [5.74, 6) is 0.250. The number of amides is 2. The van der Waals surface area contributed by atoms with Crippen molar-refractivity contribution in [2.45, 2.75) is 30.3 Å². The van der Waals surface area contributed by atoms with Gasteiger partial charge in [0.15, 0.2) is 0 Å². The van der Waals surface area contributed by atoms with Gasteiger partial charge in [-0.25, -0.2) is 0 Å². The van der Waals surface area contributed by atoms with Gasteiger partial charge in [-0.05, 0) is 37.5 Å². The molecule has 0 bridgehead atoms. The largest absolute Gasteiger partial charge is 0.379 e. The molecule has 0 spiro atoms. The molecule has 7 heteroatoms. The smallest absolute Gasteiger partial charge is 0.251 e. The maximum atomic E-state index is 12.2. The lowest BCUT2D eigenvalue weighted by Crippen LogP contribution is -2.26. The van der Waals surface area contributed by atoms with E-state index in [-0.39, 0.29) is 17.9 Å². The van der Waals surface area contributed by atoms with Crippen LogP contribution in [0.4, 0.5) is 5.69 Å². The lowest BCUT2D eigenvalue weighted by atomic mass is 10.2. The van der Waals surface area contributed by atoms with Crippen LogP contribution in [-0.4, -0.2) is 50.0 Å². The molecule has 1 fully saturated rings. The molecule has 1 aromatic rings. The number of carbonyl (C=O) groups excluding carboxylic acids is 2. The van der Waals surface area contributed by atoms with Crippen molar-refractivity contribution in [3.8, 4) is 0 Å². The monoisotopic (exact) mass is 350 g/mol. The highest BCUT2D eigenvalue weighted by atomic mass is 32.2. The second kappa shape index (κ2) is 8.50. The Morgan fingerprint density at radius 1 is 1.46 bits per heavy atom. The molecule has 3 rings (SSSR count). The maximum Gasteiger partial charge on any atom is 0.251 e. The Morgan fingerprint density at radius 3 is 3.21 bits per heavy atom. The second-order valence-electron chi connectivity index (χ2n) is 5.87. The van der Waals surface area contributed by atoms with E-state index in [2.05, 4.69) is 10.6 Å². The maximum absolute atomic E-state index is 12.2. The lowest BCUT2D eigenvalue weighted by Gasteiger charge is -2.17. The predicted molar refractivity (Wildman–Crippen MR) is 92.5 cm³/mol. The molecule has 1 aromatic carbocycles. The molecule has 24 heavy (non-hydrogen) atoms.